The zero-order valence-corrected chi connectivity index (χ0v) is 18.1. The molecule has 1 N–H and O–H groups in total. The number of hydrogen-bond acceptors (Lipinski definition) is 10. The predicted octanol–water partition coefficient (Wildman–Crippen LogP) is 1.94. The summed E-state index contributed by atoms with van der Waals surface area (Å²) in [5, 5.41) is 17.5. The van der Waals surface area contributed by atoms with Crippen LogP contribution >= 0.6 is 0 Å². The lowest BCUT2D eigenvalue weighted by molar-refractivity contribution is -0.148. The number of carboxylic acid groups (broad SMARTS) is 1. The molecule has 4 aromatic rings. The molecule has 0 bridgehead atoms. The number of esters is 1. The molecule has 0 saturated heterocycles. The van der Waals surface area contributed by atoms with Crippen LogP contribution in [0.15, 0.2) is 58.0 Å². The highest BCUT2D eigenvalue weighted by molar-refractivity contribution is 5.85. The number of aliphatic carboxylic acids is 1. The van der Waals surface area contributed by atoms with Gasteiger partial charge in [0.15, 0.2) is 0 Å². The van der Waals surface area contributed by atoms with Crippen molar-refractivity contribution in [2.45, 2.75) is 26.0 Å². The van der Waals surface area contributed by atoms with Gasteiger partial charge in [-0.2, -0.15) is 0 Å². The lowest BCUT2D eigenvalue weighted by atomic mass is 10.1. The Morgan fingerprint density at radius 3 is 2.74 bits per heavy atom. The number of nitrogens with zero attached hydrogens (tertiary/aromatic N) is 4. The zero-order valence-electron chi connectivity index (χ0n) is 18.1. The highest BCUT2D eigenvalue weighted by Gasteiger charge is 2.13. The molecule has 4 rings (SSSR count). The van der Waals surface area contributed by atoms with Crippen molar-refractivity contribution in [2.24, 2.45) is 0 Å². The summed E-state index contributed by atoms with van der Waals surface area (Å²) in [6, 6.07) is 9.63. The molecule has 0 spiro atoms. The molecule has 0 atom stereocenters. The van der Waals surface area contributed by atoms with Crippen LogP contribution < -0.4 is 10.4 Å². The SMILES string of the molecule is O=COc1ccc(Cn2cc(-c3ccc4c(COC(=O)CCC(=O)O)cc(=O)oc4c3)nn2)nc1. The van der Waals surface area contributed by atoms with E-state index in [0.717, 1.165) is 0 Å². The second-order valence-electron chi connectivity index (χ2n) is 7.36. The number of aromatic nitrogens is 4. The van der Waals surface area contributed by atoms with Gasteiger partial charge in [-0.25, -0.2) is 9.48 Å². The second-order valence-corrected chi connectivity index (χ2v) is 7.36. The molecule has 3 heterocycles. The van der Waals surface area contributed by atoms with Gasteiger partial charge in [0.1, 0.15) is 23.6 Å². The fourth-order valence-corrected chi connectivity index (χ4v) is 3.25. The first kappa shape index (κ1) is 23.3. The van der Waals surface area contributed by atoms with Crippen molar-refractivity contribution < 1.29 is 33.4 Å². The van der Waals surface area contributed by atoms with Gasteiger partial charge in [0.2, 0.25) is 0 Å². The molecule has 12 heteroatoms. The molecule has 0 radical (unpaired) electrons. The average Bonchev–Trinajstić information content (AvgIpc) is 3.30. The summed E-state index contributed by atoms with van der Waals surface area (Å²) >= 11 is 0. The number of ether oxygens (including phenoxy) is 2. The van der Waals surface area contributed by atoms with Gasteiger partial charge in [-0.15, -0.1) is 5.10 Å². The van der Waals surface area contributed by atoms with Crippen molar-refractivity contribution in [2.75, 3.05) is 0 Å². The Morgan fingerprint density at radius 2 is 2.00 bits per heavy atom. The summed E-state index contributed by atoms with van der Waals surface area (Å²) < 4.78 is 16.7. The quantitative estimate of drug-likeness (QED) is 0.201. The van der Waals surface area contributed by atoms with Gasteiger partial charge in [0, 0.05) is 22.6 Å². The van der Waals surface area contributed by atoms with E-state index in [-0.39, 0.29) is 25.0 Å². The lowest BCUT2D eigenvalue weighted by Gasteiger charge is -2.07. The Morgan fingerprint density at radius 1 is 1.14 bits per heavy atom. The largest absolute Gasteiger partial charge is 0.481 e. The third-order valence-corrected chi connectivity index (χ3v) is 4.90. The van der Waals surface area contributed by atoms with E-state index in [0.29, 0.717) is 46.7 Å². The fourth-order valence-electron chi connectivity index (χ4n) is 3.25. The smallest absolute Gasteiger partial charge is 0.336 e. The van der Waals surface area contributed by atoms with Crippen LogP contribution in [-0.2, 0) is 32.3 Å². The van der Waals surface area contributed by atoms with Gasteiger partial charge < -0.3 is 19.0 Å². The normalized spacial score (nSPS) is 10.7. The summed E-state index contributed by atoms with van der Waals surface area (Å²) in [7, 11) is 0. The average molecular weight is 478 g/mol. The molecule has 0 amide bonds. The highest BCUT2D eigenvalue weighted by atomic mass is 16.5. The first-order chi connectivity index (χ1) is 16.9. The van der Waals surface area contributed by atoms with E-state index in [4.69, 9.17) is 19.0 Å². The van der Waals surface area contributed by atoms with Gasteiger partial charge in [0.25, 0.3) is 6.47 Å². The summed E-state index contributed by atoms with van der Waals surface area (Å²) in [6.45, 7) is 0.457. The van der Waals surface area contributed by atoms with Crippen LogP contribution in [0.25, 0.3) is 22.2 Å². The standard InChI is InChI=1S/C23H18N4O8/c28-13-34-17-3-2-16(24-9-17)10-27-11-19(25-26-27)14-1-4-18-15(8-23(32)35-20(18)7-14)12-33-22(31)6-5-21(29)30/h1-4,7-9,11,13H,5-6,10,12H2,(H,29,30). The van der Waals surface area contributed by atoms with Crippen molar-refractivity contribution in [3.05, 3.63) is 70.5 Å². The van der Waals surface area contributed by atoms with Gasteiger partial charge in [-0.3, -0.25) is 19.4 Å². The minimum absolute atomic E-state index is 0.195. The maximum absolute atomic E-state index is 12.0. The van der Waals surface area contributed by atoms with E-state index in [9.17, 15) is 19.2 Å². The van der Waals surface area contributed by atoms with E-state index < -0.39 is 17.6 Å². The summed E-state index contributed by atoms with van der Waals surface area (Å²) in [5.74, 6) is -1.45. The molecule has 0 aliphatic heterocycles. The molecule has 0 fully saturated rings. The molecule has 0 unspecified atom stereocenters. The van der Waals surface area contributed by atoms with Crippen molar-refractivity contribution in [3.63, 3.8) is 0 Å². The van der Waals surface area contributed by atoms with Crippen LogP contribution in [0.4, 0.5) is 0 Å². The third kappa shape index (κ3) is 5.93. The maximum Gasteiger partial charge on any atom is 0.336 e. The second kappa shape index (κ2) is 10.4. The molecular formula is C23H18N4O8. The molecule has 1 aromatic carbocycles. The molecule has 0 aliphatic carbocycles. The lowest BCUT2D eigenvalue weighted by Crippen LogP contribution is -2.09. The highest BCUT2D eigenvalue weighted by Crippen LogP contribution is 2.25. The zero-order chi connectivity index (χ0) is 24.8. The number of pyridine rings is 1. The minimum atomic E-state index is -1.10. The van der Waals surface area contributed by atoms with Gasteiger partial charge in [-0.1, -0.05) is 17.3 Å². The van der Waals surface area contributed by atoms with Crippen LogP contribution in [0.1, 0.15) is 24.1 Å². The summed E-state index contributed by atoms with van der Waals surface area (Å²) in [4.78, 5) is 48.9. The van der Waals surface area contributed by atoms with Crippen molar-refractivity contribution >= 4 is 29.4 Å². The van der Waals surface area contributed by atoms with Crippen molar-refractivity contribution in [3.8, 4) is 17.0 Å². The van der Waals surface area contributed by atoms with Crippen LogP contribution in [-0.4, -0.2) is 43.5 Å². The fraction of sp³-hybridized carbons (Fsp3) is 0.174. The number of carbonyl (C=O) groups excluding carboxylic acids is 2. The third-order valence-electron chi connectivity index (χ3n) is 4.90. The number of fused-ring (bicyclic) bond motifs is 1. The van der Waals surface area contributed by atoms with E-state index in [2.05, 4.69) is 15.3 Å². The topological polar surface area (TPSA) is 164 Å². The molecule has 35 heavy (non-hydrogen) atoms. The Kier molecular flexibility index (Phi) is 6.91. The van der Waals surface area contributed by atoms with Crippen LogP contribution in [0, 0.1) is 0 Å². The van der Waals surface area contributed by atoms with Gasteiger partial charge in [0.05, 0.1) is 37.5 Å². The first-order valence-corrected chi connectivity index (χ1v) is 10.3. The monoisotopic (exact) mass is 478 g/mol. The molecule has 12 nitrogen and oxygen atoms in total. The number of carboxylic acids is 1. The Balaban J connectivity index is 1.50. The molecular weight excluding hydrogens is 460 g/mol. The van der Waals surface area contributed by atoms with Gasteiger partial charge in [-0.05, 0) is 18.2 Å². The van der Waals surface area contributed by atoms with Crippen molar-refractivity contribution in [1.82, 2.24) is 20.0 Å². The Bertz CT molecular complexity index is 1440. The first-order valence-electron chi connectivity index (χ1n) is 10.3. The molecule has 178 valence electrons. The number of rotatable bonds is 10. The van der Waals surface area contributed by atoms with Crippen LogP contribution in [0.2, 0.25) is 0 Å². The molecule has 0 aliphatic rings. The van der Waals surface area contributed by atoms with Crippen LogP contribution in [0.5, 0.6) is 5.75 Å². The van der Waals surface area contributed by atoms with Gasteiger partial charge >= 0.3 is 17.6 Å². The number of hydrogen-bond donors (Lipinski definition) is 1. The van der Waals surface area contributed by atoms with E-state index >= 15 is 0 Å². The van der Waals surface area contributed by atoms with E-state index in [1.807, 2.05) is 0 Å². The van der Waals surface area contributed by atoms with Crippen LogP contribution in [0.3, 0.4) is 0 Å². The minimum Gasteiger partial charge on any atom is -0.481 e. The summed E-state index contributed by atoms with van der Waals surface area (Å²) in [5.41, 5.74) is 1.93. The molecule has 0 saturated carbocycles. The number of benzene rings is 1. The maximum atomic E-state index is 12.0. The Labute approximate surface area is 196 Å². The predicted molar refractivity (Wildman–Crippen MR) is 118 cm³/mol. The summed E-state index contributed by atoms with van der Waals surface area (Å²) in [6.07, 6.45) is 2.52. The van der Waals surface area contributed by atoms with E-state index in [1.54, 1.807) is 41.2 Å². The Hall–Kier alpha value is -4.87. The van der Waals surface area contributed by atoms with E-state index in [1.165, 1.54) is 12.3 Å². The van der Waals surface area contributed by atoms with Crippen molar-refractivity contribution in [1.29, 1.82) is 0 Å². The molecule has 3 aromatic heterocycles. The number of carbonyl (C=O) groups is 3.